The summed E-state index contributed by atoms with van der Waals surface area (Å²) in [6, 6.07) is 6.13. The van der Waals surface area contributed by atoms with Crippen molar-refractivity contribution in [3.05, 3.63) is 38.6 Å². The Morgan fingerprint density at radius 1 is 1.39 bits per heavy atom. The fourth-order valence-corrected chi connectivity index (χ4v) is 2.82. The Morgan fingerprint density at radius 2 is 2.22 bits per heavy atom. The molecule has 0 atom stereocenters. The van der Waals surface area contributed by atoms with Crippen molar-refractivity contribution in [2.24, 2.45) is 0 Å². The van der Waals surface area contributed by atoms with Crippen LogP contribution in [0.1, 0.15) is 11.3 Å². The SMILES string of the molecule is CNCc1ccc(N(C)Cc2csc(Br)c2)nn1. The van der Waals surface area contributed by atoms with Crippen LogP contribution in [-0.2, 0) is 13.1 Å². The van der Waals surface area contributed by atoms with E-state index in [1.165, 1.54) is 5.56 Å². The molecule has 2 rings (SSSR count). The highest BCUT2D eigenvalue weighted by molar-refractivity contribution is 9.11. The van der Waals surface area contributed by atoms with Gasteiger partial charge in [0.1, 0.15) is 0 Å². The van der Waals surface area contributed by atoms with Crippen LogP contribution in [0, 0.1) is 0 Å². The summed E-state index contributed by atoms with van der Waals surface area (Å²) in [4.78, 5) is 2.09. The molecule has 4 nitrogen and oxygen atoms in total. The minimum Gasteiger partial charge on any atom is -0.354 e. The van der Waals surface area contributed by atoms with Crippen LogP contribution in [0.2, 0.25) is 0 Å². The Hall–Kier alpha value is -0.980. The van der Waals surface area contributed by atoms with E-state index in [1.54, 1.807) is 11.3 Å². The molecule has 0 aliphatic carbocycles. The molecule has 0 spiro atoms. The molecule has 2 aromatic heterocycles. The summed E-state index contributed by atoms with van der Waals surface area (Å²) in [6.45, 7) is 1.58. The molecule has 0 radical (unpaired) electrons. The van der Waals surface area contributed by atoms with Crippen LogP contribution in [0.4, 0.5) is 5.82 Å². The van der Waals surface area contributed by atoms with E-state index in [-0.39, 0.29) is 0 Å². The van der Waals surface area contributed by atoms with Gasteiger partial charge in [0, 0.05) is 20.1 Å². The van der Waals surface area contributed by atoms with Gasteiger partial charge in [-0.1, -0.05) is 0 Å². The molecule has 6 heteroatoms. The van der Waals surface area contributed by atoms with Gasteiger partial charge < -0.3 is 10.2 Å². The third-order valence-electron chi connectivity index (χ3n) is 2.50. The van der Waals surface area contributed by atoms with Crippen LogP contribution < -0.4 is 10.2 Å². The van der Waals surface area contributed by atoms with Crippen molar-refractivity contribution in [3.63, 3.8) is 0 Å². The van der Waals surface area contributed by atoms with Gasteiger partial charge >= 0.3 is 0 Å². The molecule has 2 heterocycles. The van der Waals surface area contributed by atoms with Crippen molar-refractivity contribution in [3.8, 4) is 0 Å². The van der Waals surface area contributed by atoms with E-state index in [4.69, 9.17) is 0 Å². The first-order valence-electron chi connectivity index (χ1n) is 5.60. The average Bonchev–Trinajstić information content (AvgIpc) is 2.76. The first-order chi connectivity index (χ1) is 8.69. The standard InChI is InChI=1S/C12H15BrN4S/c1-14-6-10-3-4-12(16-15-10)17(2)7-9-5-11(13)18-8-9/h3-5,8,14H,6-7H2,1-2H3. The largest absolute Gasteiger partial charge is 0.354 e. The summed E-state index contributed by atoms with van der Waals surface area (Å²) < 4.78 is 1.15. The molecule has 0 saturated carbocycles. The van der Waals surface area contributed by atoms with Crippen molar-refractivity contribution in [2.75, 3.05) is 19.0 Å². The van der Waals surface area contributed by atoms with Crippen LogP contribution in [0.5, 0.6) is 0 Å². The molecule has 2 aromatic rings. The minimum absolute atomic E-state index is 0.745. The number of halogens is 1. The van der Waals surface area contributed by atoms with Crippen LogP contribution in [-0.4, -0.2) is 24.3 Å². The summed E-state index contributed by atoms with van der Waals surface area (Å²) in [5.74, 6) is 0.886. The fourth-order valence-electron chi connectivity index (χ4n) is 1.62. The van der Waals surface area contributed by atoms with E-state index in [1.807, 2.05) is 26.2 Å². The molecule has 0 unspecified atom stereocenters. The van der Waals surface area contributed by atoms with Gasteiger partial charge in [0.05, 0.1) is 9.48 Å². The third kappa shape index (κ3) is 3.51. The van der Waals surface area contributed by atoms with Gasteiger partial charge in [-0.2, -0.15) is 5.10 Å². The number of nitrogens with zero attached hydrogens (tertiary/aromatic N) is 3. The maximum Gasteiger partial charge on any atom is 0.151 e. The second-order valence-electron chi connectivity index (χ2n) is 4.03. The molecule has 0 aromatic carbocycles. The number of hydrogen-bond acceptors (Lipinski definition) is 5. The lowest BCUT2D eigenvalue weighted by Gasteiger charge is -2.16. The minimum atomic E-state index is 0.745. The van der Waals surface area contributed by atoms with Crippen molar-refractivity contribution in [2.45, 2.75) is 13.1 Å². The number of thiophene rings is 1. The molecule has 1 N–H and O–H groups in total. The Morgan fingerprint density at radius 3 is 2.78 bits per heavy atom. The molecule has 18 heavy (non-hydrogen) atoms. The highest BCUT2D eigenvalue weighted by Gasteiger charge is 2.06. The smallest absolute Gasteiger partial charge is 0.151 e. The lowest BCUT2D eigenvalue weighted by Crippen LogP contribution is -2.18. The van der Waals surface area contributed by atoms with Gasteiger partial charge in [-0.05, 0) is 52.1 Å². The van der Waals surface area contributed by atoms with Crippen molar-refractivity contribution in [1.29, 1.82) is 0 Å². The molecular formula is C12H15BrN4S. The van der Waals surface area contributed by atoms with Crippen molar-refractivity contribution >= 4 is 33.1 Å². The molecule has 0 aliphatic rings. The lowest BCUT2D eigenvalue weighted by atomic mass is 10.3. The van der Waals surface area contributed by atoms with Crippen molar-refractivity contribution < 1.29 is 0 Å². The van der Waals surface area contributed by atoms with Gasteiger partial charge in [-0.3, -0.25) is 0 Å². The summed E-state index contributed by atoms with van der Waals surface area (Å²) in [7, 11) is 3.92. The second kappa shape index (κ2) is 6.26. The quantitative estimate of drug-likeness (QED) is 0.917. The predicted molar refractivity (Wildman–Crippen MR) is 78.9 cm³/mol. The van der Waals surface area contributed by atoms with Gasteiger partial charge in [0.2, 0.25) is 0 Å². The topological polar surface area (TPSA) is 41.0 Å². The fraction of sp³-hybridized carbons (Fsp3) is 0.333. The first-order valence-corrected chi connectivity index (χ1v) is 7.27. The van der Waals surface area contributed by atoms with Gasteiger partial charge in [0.15, 0.2) is 5.82 Å². The highest BCUT2D eigenvalue weighted by Crippen LogP contribution is 2.22. The van der Waals surface area contributed by atoms with E-state index < -0.39 is 0 Å². The van der Waals surface area contributed by atoms with E-state index in [2.05, 4.69) is 47.8 Å². The number of aromatic nitrogens is 2. The lowest BCUT2D eigenvalue weighted by molar-refractivity contribution is 0.759. The average molecular weight is 327 g/mol. The van der Waals surface area contributed by atoms with Crippen LogP contribution >= 0.6 is 27.3 Å². The van der Waals surface area contributed by atoms with Crippen LogP contribution in [0.3, 0.4) is 0 Å². The van der Waals surface area contributed by atoms with Crippen molar-refractivity contribution in [1.82, 2.24) is 15.5 Å². The first kappa shape index (κ1) is 13.5. The molecular weight excluding hydrogens is 312 g/mol. The summed E-state index contributed by atoms with van der Waals surface area (Å²) >= 11 is 5.17. The summed E-state index contributed by atoms with van der Waals surface area (Å²) in [6.07, 6.45) is 0. The number of rotatable bonds is 5. The molecule has 0 saturated heterocycles. The van der Waals surface area contributed by atoms with Gasteiger partial charge in [-0.15, -0.1) is 16.4 Å². The van der Waals surface area contributed by atoms with E-state index in [0.717, 1.165) is 28.4 Å². The normalized spacial score (nSPS) is 10.6. The third-order valence-corrected chi connectivity index (χ3v) is 4.05. The summed E-state index contributed by atoms with van der Waals surface area (Å²) in [5, 5.41) is 13.6. The van der Waals surface area contributed by atoms with E-state index in [9.17, 15) is 0 Å². The van der Waals surface area contributed by atoms with E-state index in [0.29, 0.717) is 0 Å². The maximum absolute atomic E-state index is 4.23. The molecule has 96 valence electrons. The molecule has 0 fully saturated rings. The Kier molecular flexibility index (Phi) is 4.68. The van der Waals surface area contributed by atoms with Gasteiger partial charge in [-0.25, -0.2) is 0 Å². The number of anilines is 1. The number of nitrogens with one attached hydrogen (secondary N) is 1. The Labute approximate surface area is 119 Å². The second-order valence-corrected chi connectivity index (χ2v) is 6.32. The molecule has 0 bridgehead atoms. The van der Waals surface area contributed by atoms with E-state index >= 15 is 0 Å². The monoisotopic (exact) mass is 326 g/mol. The number of hydrogen-bond donors (Lipinski definition) is 1. The summed E-state index contributed by atoms with van der Waals surface area (Å²) in [5.41, 5.74) is 2.23. The molecule has 0 aliphatic heterocycles. The zero-order valence-electron chi connectivity index (χ0n) is 10.4. The predicted octanol–water partition coefficient (Wildman–Crippen LogP) is 2.66. The molecule has 0 amide bonds. The van der Waals surface area contributed by atoms with Crippen LogP contribution in [0.15, 0.2) is 27.4 Å². The highest BCUT2D eigenvalue weighted by atomic mass is 79.9. The van der Waals surface area contributed by atoms with Gasteiger partial charge in [0.25, 0.3) is 0 Å². The maximum atomic E-state index is 4.23. The van der Waals surface area contributed by atoms with Crippen LogP contribution in [0.25, 0.3) is 0 Å². The Bertz CT molecular complexity index is 497. The zero-order valence-corrected chi connectivity index (χ0v) is 12.8. The zero-order chi connectivity index (χ0) is 13.0. The Balaban J connectivity index is 2.02.